The van der Waals surface area contributed by atoms with Crippen molar-refractivity contribution < 1.29 is 17.7 Å². The number of anilines is 1. The van der Waals surface area contributed by atoms with Gasteiger partial charge in [-0.15, -0.1) is 0 Å². The minimum Gasteiger partial charge on any atom is -0.364 e. The van der Waals surface area contributed by atoms with Crippen LogP contribution in [-0.2, 0) is 12.7 Å². The zero-order valence-electron chi connectivity index (χ0n) is 12.4. The van der Waals surface area contributed by atoms with Crippen molar-refractivity contribution in [1.82, 2.24) is 15.5 Å². The number of pyridine rings is 1. The molecule has 0 radical (unpaired) electrons. The molecule has 2 aromatic heterocycles. The van der Waals surface area contributed by atoms with Crippen LogP contribution in [0.4, 0.5) is 19.0 Å². The minimum atomic E-state index is -4.34. The van der Waals surface area contributed by atoms with Crippen molar-refractivity contribution in [2.24, 2.45) is 0 Å². The van der Waals surface area contributed by atoms with Crippen molar-refractivity contribution in [3.63, 3.8) is 0 Å². The fourth-order valence-corrected chi connectivity index (χ4v) is 2.63. The molecule has 0 bridgehead atoms. The Bertz CT molecular complexity index is 605. The van der Waals surface area contributed by atoms with Gasteiger partial charge in [-0.05, 0) is 25.0 Å². The Balaban J connectivity index is 1.50. The number of piperidine rings is 1. The van der Waals surface area contributed by atoms with E-state index in [0.717, 1.165) is 43.9 Å². The lowest BCUT2D eigenvalue weighted by molar-refractivity contribution is -0.137. The van der Waals surface area contributed by atoms with Crippen molar-refractivity contribution in [3.05, 3.63) is 41.9 Å². The molecule has 3 rings (SSSR count). The van der Waals surface area contributed by atoms with E-state index in [2.05, 4.69) is 15.5 Å². The maximum atomic E-state index is 12.5. The lowest BCUT2D eigenvalue weighted by Crippen LogP contribution is -2.42. The molecule has 0 aliphatic carbocycles. The van der Waals surface area contributed by atoms with Crippen LogP contribution in [0.1, 0.15) is 24.1 Å². The lowest BCUT2D eigenvalue weighted by atomic mass is 10.0. The fourth-order valence-electron chi connectivity index (χ4n) is 2.63. The van der Waals surface area contributed by atoms with Gasteiger partial charge in [-0.25, -0.2) is 4.98 Å². The van der Waals surface area contributed by atoms with Crippen LogP contribution in [0.2, 0.25) is 0 Å². The Morgan fingerprint density at radius 3 is 2.57 bits per heavy atom. The summed E-state index contributed by atoms with van der Waals surface area (Å²) in [4.78, 5) is 5.95. The summed E-state index contributed by atoms with van der Waals surface area (Å²) in [5.74, 6) is 0.591. The molecule has 3 heterocycles. The molecule has 0 saturated carbocycles. The van der Waals surface area contributed by atoms with Crippen molar-refractivity contribution in [1.29, 1.82) is 0 Å². The highest BCUT2D eigenvalue weighted by atomic mass is 19.4. The van der Waals surface area contributed by atoms with Crippen molar-refractivity contribution in [2.75, 3.05) is 18.0 Å². The highest BCUT2D eigenvalue weighted by Crippen LogP contribution is 2.29. The van der Waals surface area contributed by atoms with Gasteiger partial charge in [0.2, 0.25) is 0 Å². The van der Waals surface area contributed by atoms with Crippen LogP contribution in [0.25, 0.3) is 0 Å². The molecule has 0 spiro atoms. The van der Waals surface area contributed by atoms with Crippen LogP contribution >= 0.6 is 0 Å². The monoisotopic (exact) mass is 326 g/mol. The smallest absolute Gasteiger partial charge is 0.364 e. The predicted molar refractivity (Wildman–Crippen MR) is 77.8 cm³/mol. The number of hydrogen-bond acceptors (Lipinski definition) is 5. The molecule has 0 unspecified atom stereocenters. The number of nitrogens with zero attached hydrogens (tertiary/aromatic N) is 3. The quantitative estimate of drug-likeness (QED) is 0.936. The Morgan fingerprint density at radius 2 is 2.00 bits per heavy atom. The summed E-state index contributed by atoms with van der Waals surface area (Å²) in [7, 11) is 0. The summed E-state index contributed by atoms with van der Waals surface area (Å²) in [6.07, 6.45) is -0.106. The molecule has 1 aliphatic heterocycles. The van der Waals surface area contributed by atoms with Crippen LogP contribution < -0.4 is 10.2 Å². The van der Waals surface area contributed by atoms with E-state index in [1.165, 1.54) is 12.3 Å². The molecule has 0 amide bonds. The zero-order valence-corrected chi connectivity index (χ0v) is 12.4. The second kappa shape index (κ2) is 6.57. The van der Waals surface area contributed by atoms with E-state index in [9.17, 15) is 13.2 Å². The number of rotatable bonds is 4. The maximum absolute atomic E-state index is 12.5. The van der Waals surface area contributed by atoms with Crippen LogP contribution in [0.5, 0.6) is 0 Å². The van der Waals surface area contributed by atoms with E-state index >= 15 is 0 Å². The molecular formula is C15H17F3N4O. The normalized spacial score (nSPS) is 16.7. The molecule has 8 heteroatoms. The minimum absolute atomic E-state index is 0.359. The van der Waals surface area contributed by atoms with Crippen molar-refractivity contribution in [2.45, 2.75) is 31.6 Å². The van der Waals surface area contributed by atoms with Crippen LogP contribution in [0.3, 0.4) is 0 Å². The first kappa shape index (κ1) is 15.8. The summed E-state index contributed by atoms with van der Waals surface area (Å²) in [5, 5.41) is 7.25. The Labute approximate surface area is 131 Å². The van der Waals surface area contributed by atoms with E-state index in [0.29, 0.717) is 18.4 Å². The van der Waals surface area contributed by atoms with Gasteiger partial charge in [-0.2, -0.15) is 13.2 Å². The van der Waals surface area contributed by atoms with Gasteiger partial charge in [0.15, 0.2) is 0 Å². The first-order valence-corrected chi connectivity index (χ1v) is 7.43. The summed E-state index contributed by atoms with van der Waals surface area (Å²) >= 11 is 0. The summed E-state index contributed by atoms with van der Waals surface area (Å²) in [5.41, 5.74) is 0.141. The second-order valence-electron chi connectivity index (χ2n) is 5.54. The van der Waals surface area contributed by atoms with Crippen molar-refractivity contribution >= 4 is 5.82 Å². The van der Waals surface area contributed by atoms with Gasteiger partial charge in [0.25, 0.3) is 0 Å². The highest BCUT2D eigenvalue weighted by Gasteiger charge is 2.31. The van der Waals surface area contributed by atoms with E-state index in [-0.39, 0.29) is 0 Å². The number of aromatic nitrogens is 2. The van der Waals surface area contributed by atoms with Gasteiger partial charge in [0, 0.05) is 37.9 Å². The zero-order chi connectivity index (χ0) is 16.3. The van der Waals surface area contributed by atoms with Gasteiger partial charge < -0.3 is 14.7 Å². The molecule has 2 aromatic rings. The average molecular weight is 326 g/mol. The average Bonchev–Trinajstić information content (AvgIpc) is 3.06. The van der Waals surface area contributed by atoms with E-state index in [1.54, 1.807) is 0 Å². The Hall–Kier alpha value is -2.09. The van der Waals surface area contributed by atoms with Gasteiger partial charge in [-0.3, -0.25) is 0 Å². The van der Waals surface area contributed by atoms with E-state index < -0.39 is 11.7 Å². The number of hydrogen-bond donors (Lipinski definition) is 1. The Kier molecular flexibility index (Phi) is 4.51. The molecule has 1 N–H and O–H groups in total. The first-order valence-electron chi connectivity index (χ1n) is 7.43. The van der Waals surface area contributed by atoms with E-state index in [4.69, 9.17) is 4.52 Å². The Morgan fingerprint density at radius 1 is 1.22 bits per heavy atom. The standard InChI is InChI=1S/C15H17F3N4O/c16-15(17,18)11-1-2-14(20-9-11)22-6-3-12(4-7-22)19-10-13-5-8-23-21-13/h1-2,5,8-9,12,19H,3-4,6-7,10H2. The molecule has 23 heavy (non-hydrogen) atoms. The molecule has 0 aromatic carbocycles. The number of alkyl halides is 3. The molecule has 1 aliphatic rings. The largest absolute Gasteiger partial charge is 0.417 e. The fraction of sp³-hybridized carbons (Fsp3) is 0.467. The lowest BCUT2D eigenvalue weighted by Gasteiger charge is -2.33. The molecule has 0 atom stereocenters. The number of nitrogens with one attached hydrogen (secondary N) is 1. The second-order valence-corrected chi connectivity index (χ2v) is 5.54. The predicted octanol–water partition coefficient (Wildman–Crippen LogP) is 2.85. The van der Waals surface area contributed by atoms with Gasteiger partial charge in [-0.1, -0.05) is 5.16 Å². The summed E-state index contributed by atoms with van der Waals surface area (Å²) in [6.45, 7) is 2.17. The molecule has 124 valence electrons. The van der Waals surface area contributed by atoms with Gasteiger partial charge >= 0.3 is 6.18 Å². The van der Waals surface area contributed by atoms with Crippen LogP contribution in [0.15, 0.2) is 35.2 Å². The highest BCUT2D eigenvalue weighted by molar-refractivity contribution is 5.40. The molecule has 1 saturated heterocycles. The summed E-state index contributed by atoms with van der Waals surface area (Å²) in [6, 6.07) is 4.69. The maximum Gasteiger partial charge on any atom is 0.417 e. The third kappa shape index (κ3) is 4.01. The number of halogens is 3. The topological polar surface area (TPSA) is 54.2 Å². The SMILES string of the molecule is FC(F)(F)c1ccc(N2CCC(NCc3ccon3)CC2)nc1. The molecule has 5 nitrogen and oxygen atoms in total. The van der Waals surface area contributed by atoms with Crippen LogP contribution in [-0.4, -0.2) is 29.3 Å². The molecule has 1 fully saturated rings. The third-order valence-electron chi connectivity index (χ3n) is 3.96. The van der Waals surface area contributed by atoms with Gasteiger partial charge in [0.1, 0.15) is 12.1 Å². The van der Waals surface area contributed by atoms with Crippen LogP contribution in [0, 0.1) is 0 Å². The van der Waals surface area contributed by atoms with E-state index in [1.807, 2.05) is 11.0 Å². The third-order valence-corrected chi connectivity index (χ3v) is 3.96. The first-order chi connectivity index (χ1) is 11.0. The van der Waals surface area contributed by atoms with Gasteiger partial charge in [0.05, 0.1) is 11.3 Å². The summed E-state index contributed by atoms with van der Waals surface area (Å²) < 4.78 is 42.4. The molecular weight excluding hydrogens is 309 g/mol. The van der Waals surface area contributed by atoms with Crippen molar-refractivity contribution in [3.8, 4) is 0 Å².